The third kappa shape index (κ3) is 2.94. The van der Waals surface area contributed by atoms with E-state index in [4.69, 9.17) is 0 Å². The molecule has 3 rings (SSSR count). The number of ether oxygens (including phenoxy) is 1. The van der Waals surface area contributed by atoms with Gasteiger partial charge in [-0.2, -0.15) is 0 Å². The number of hydrogen-bond donors (Lipinski definition) is 0. The Labute approximate surface area is 126 Å². The summed E-state index contributed by atoms with van der Waals surface area (Å²) >= 11 is 1.46. The lowest BCUT2D eigenvalue weighted by Crippen LogP contribution is -2.47. The SMILES string of the molecule is COC(=O)c1csc(N2CCN(c3ncccn3)CC2)n1. The highest BCUT2D eigenvalue weighted by Gasteiger charge is 2.22. The lowest BCUT2D eigenvalue weighted by molar-refractivity contribution is 0.0595. The molecular weight excluding hydrogens is 290 g/mol. The fourth-order valence-corrected chi connectivity index (χ4v) is 3.01. The molecular formula is C13H15N5O2S. The molecule has 0 unspecified atom stereocenters. The van der Waals surface area contributed by atoms with Crippen LogP contribution >= 0.6 is 11.3 Å². The van der Waals surface area contributed by atoms with Crippen LogP contribution in [0.25, 0.3) is 0 Å². The van der Waals surface area contributed by atoms with E-state index in [1.165, 1.54) is 18.4 Å². The van der Waals surface area contributed by atoms with Crippen LogP contribution in [0, 0.1) is 0 Å². The van der Waals surface area contributed by atoms with Crippen LogP contribution in [-0.4, -0.2) is 54.2 Å². The Bertz CT molecular complexity index is 610. The van der Waals surface area contributed by atoms with Gasteiger partial charge in [0, 0.05) is 44.0 Å². The van der Waals surface area contributed by atoms with Gasteiger partial charge in [0.05, 0.1) is 7.11 Å². The van der Waals surface area contributed by atoms with Gasteiger partial charge in [0.25, 0.3) is 0 Å². The zero-order valence-corrected chi connectivity index (χ0v) is 12.4. The van der Waals surface area contributed by atoms with E-state index in [9.17, 15) is 4.79 Å². The summed E-state index contributed by atoms with van der Waals surface area (Å²) in [6.45, 7) is 3.31. The quantitative estimate of drug-likeness (QED) is 0.785. The number of esters is 1. The molecule has 8 heteroatoms. The van der Waals surface area contributed by atoms with Gasteiger partial charge >= 0.3 is 5.97 Å². The zero-order chi connectivity index (χ0) is 14.7. The number of rotatable bonds is 3. The van der Waals surface area contributed by atoms with Crippen molar-refractivity contribution in [2.24, 2.45) is 0 Å². The van der Waals surface area contributed by atoms with E-state index in [0.717, 1.165) is 37.3 Å². The maximum atomic E-state index is 11.4. The first-order valence-corrected chi connectivity index (χ1v) is 7.46. The Morgan fingerprint density at radius 1 is 1.19 bits per heavy atom. The van der Waals surface area contributed by atoms with Gasteiger partial charge < -0.3 is 14.5 Å². The van der Waals surface area contributed by atoms with Gasteiger partial charge in [-0.25, -0.2) is 19.7 Å². The fraction of sp³-hybridized carbons (Fsp3) is 0.385. The zero-order valence-electron chi connectivity index (χ0n) is 11.6. The summed E-state index contributed by atoms with van der Waals surface area (Å²) in [5, 5.41) is 2.58. The van der Waals surface area contributed by atoms with Crippen molar-refractivity contribution in [1.82, 2.24) is 15.0 Å². The van der Waals surface area contributed by atoms with Crippen molar-refractivity contribution in [1.29, 1.82) is 0 Å². The van der Waals surface area contributed by atoms with Crippen molar-refractivity contribution in [3.8, 4) is 0 Å². The van der Waals surface area contributed by atoms with E-state index in [0.29, 0.717) is 5.69 Å². The molecule has 1 aliphatic rings. The van der Waals surface area contributed by atoms with Gasteiger partial charge in [0.2, 0.25) is 5.95 Å². The van der Waals surface area contributed by atoms with Crippen LogP contribution in [0.1, 0.15) is 10.5 Å². The first-order chi connectivity index (χ1) is 10.3. The highest BCUT2D eigenvalue weighted by atomic mass is 32.1. The number of carbonyl (C=O) groups is 1. The molecule has 2 aromatic rings. The first kappa shape index (κ1) is 13.7. The molecule has 0 bridgehead atoms. The molecule has 0 atom stereocenters. The van der Waals surface area contributed by atoms with Crippen LogP contribution in [0.4, 0.5) is 11.1 Å². The van der Waals surface area contributed by atoms with Gasteiger partial charge in [-0.1, -0.05) is 0 Å². The molecule has 0 spiro atoms. The van der Waals surface area contributed by atoms with Crippen molar-refractivity contribution in [3.05, 3.63) is 29.5 Å². The standard InChI is InChI=1S/C13H15N5O2S/c1-20-11(19)10-9-21-13(16-10)18-7-5-17(6-8-18)12-14-3-2-4-15-12/h2-4,9H,5-8H2,1H3. The summed E-state index contributed by atoms with van der Waals surface area (Å²) in [5.41, 5.74) is 0.367. The van der Waals surface area contributed by atoms with E-state index in [1.54, 1.807) is 17.8 Å². The minimum absolute atomic E-state index is 0.367. The predicted octanol–water partition coefficient (Wildman–Crippen LogP) is 1.05. The van der Waals surface area contributed by atoms with Crippen LogP contribution in [0.2, 0.25) is 0 Å². The van der Waals surface area contributed by atoms with Gasteiger partial charge in [-0.3, -0.25) is 0 Å². The molecule has 3 heterocycles. The third-order valence-corrected chi connectivity index (χ3v) is 4.17. The van der Waals surface area contributed by atoms with Crippen molar-refractivity contribution >= 4 is 28.4 Å². The largest absolute Gasteiger partial charge is 0.464 e. The van der Waals surface area contributed by atoms with Crippen LogP contribution < -0.4 is 9.80 Å². The highest BCUT2D eigenvalue weighted by molar-refractivity contribution is 7.13. The lowest BCUT2D eigenvalue weighted by atomic mass is 10.3. The van der Waals surface area contributed by atoms with Crippen LogP contribution in [0.15, 0.2) is 23.8 Å². The average molecular weight is 305 g/mol. The molecule has 2 aromatic heterocycles. The van der Waals surface area contributed by atoms with Crippen LogP contribution in [-0.2, 0) is 4.74 Å². The molecule has 0 saturated carbocycles. The maximum absolute atomic E-state index is 11.4. The second-order valence-electron chi connectivity index (χ2n) is 4.53. The highest BCUT2D eigenvalue weighted by Crippen LogP contribution is 2.23. The Balaban J connectivity index is 1.63. The lowest BCUT2D eigenvalue weighted by Gasteiger charge is -2.34. The molecule has 0 aliphatic carbocycles. The molecule has 1 aliphatic heterocycles. The van der Waals surface area contributed by atoms with E-state index >= 15 is 0 Å². The number of piperazine rings is 1. The van der Waals surface area contributed by atoms with Crippen LogP contribution in [0.5, 0.6) is 0 Å². The van der Waals surface area contributed by atoms with Gasteiger partial charge in [-0.15, -0.1) is 11.3 Å². The second-order valence-corrected chi connectivity index (χ2v) is 5.37. The molecule has 1 fully saturated rings. The van der Waals surface area contributed by atoms with E-state index in [1.807, 2.05) is 6.07 Å². The minimum Gasteiger partial charge on any atom is -0.464 e. The molecule has 0 aromatic carbocycles. The summed E-state index contributed by atoms with van der Waals surface area (Å²) in [6, 6.07) is 1.81. The molecule has 7 nitrogen and oxygen atoms in total. The van der Waals surface area contributed by atoms with Gasteiger partial charge in [0.15, 0.2) is 10.8 Å². The number of hydrogen-bond acceptors (Lipinski definition) is 8. The van der Waals surface area contributed by atoms with E-state index in [-0.39, 0.29) is 0 Å². The molecule has 0 N–H and O–H groups in total. The number of thiazole rings is 1. The summed E-state index contributed by atoms with van der Waals surface area (Å²) in [6.07, 6.45) is 3.50. The smallest absolute Gasteiger partial charge is 0.357 e. The topological polar surface area (TPSA) is 71.5 Å². The van der Waals surface area contributed by atoms with Crippen molar-refractivity contribution in [2.75, 3.05) is 43.1 Å². The number of anilines is 2. The Morgan fingerprint density at radius 3 is 2.52 bits per heavy atom. The summed E-state index contributed by atoms with van der Waals surface area (Å²) in [4.78, 5) is 28.6. The number of carbonyl (C=O) groups excluding carboxylic acids is 1. The normalized spacial score (nSPS) is 15.1. The second kappa shape index (κ2) is 6.04. The predicted molar refractivity (Wildman–Crippen MR) is 79.9 cm³/mol. The maximum Gasteiger partial charge on any atom is 0.357 e. The summed E-state index contributed by atoms with van der Waals surface area (Å²) in [7, 11) is 1.36. The van der Waals surface area contributed by atoms with Crippen LogP contribution in [0.3, 0.4) is 0 Å². The Kier molecular flexibility index (Phi) is 3.96. The Morgan fingerprint density at radius 2 is 1.86 bits per heavy atom. The Hall–Kier alpha value is -2.22. The minimum atomic E-state index is -0.395. The van der Waals surface area contributed by atoms with Crippen molar-refractivity contribution in [2.45, 2.75) is 0 Å². The molecule has 110 valence electrons. The van der Waals surface area contributed by atoms with E-state index in [2.05, 4.69) is 29.5 Å². The average Bonchev–Trinajstić information content (AvgIpc) is 3.05. The molecule has 0 radical (unpaired) electrons. The number of nitrogens with zero attached hydrogens (tertiary/aromatic N) is 5. The van der Waals surface area contributed by atoms with Gasteiger partial charge in [0.1, 0.15) is 0 Å². The monoisotopic (exact) mass is 305 g/mol. The summed E-state index contributed by atoms with van der Waals surface area (Å²) in [5.74, 6) is 0.361. The third-order valence-electron chi connectivity index (χ3n) is 3.27. The molecule has 0 amide bonds. The summed E-state index contributed by atoms with van der Waals surface area (Å²) < 4.78 is 4.67. The number of methoxy groups -OCH3 is 1. The molecule has 21 heavy (non-hydrogen) atoms. The van der Waals surface area contributed by atoms with Gasteiger partial charge in [-0.05, 0) is 6.07 Å². The van der Waals surface area contributed by atoms with Crippen molar-refractivity contribution < 1.29 is 9.53 Å². The first-order valence-electron chi connectivity index (χ1n) is 6.58. The fourth-order valence-electron chi connectivity index (χ4n) is 2.16. The van der Waals surface area contributed by atoms with E-state index < -0.39 is 5.97 Å². The van der Waals surface area contributed by atoms with Crippen molar-refractivity contribution in [3.63, 3.8) is 0 Å². The molecule has 1 saturated heterocycles. The number of aromatic nitrogens is 3.